The van der Waals surface area contributed by atoms with Gasteiger partial charge in [-0.3, -0.25) is 0 Å². The number of phenolic OH excluding ortho intramolecular Hbond substituents is 1. The molecule has 23 heavy (non-hydrogen) atoms. The normalized spacial score (nSPS) is 13.8. The number of hydrogen-bond donors (Lipinski definition) is 2. The molecule has 0 amide bonds. The molecule has 2 N–H and O–H groups in total. The summed E-state index contributed by atoms with van der Waals surface area (Å²) < 4.78 is 2.01. The van der Waals surface area contributed by atoms with E-state index in [1.807, 2.05) is 41.1 Å². The summed E-state index contributed by atoms with van der Waals surface area (Å²) >= 11 is 6.00. The Bertz CT molecular complexity index is 768. The van der Waals surface area contributed by atoms with Gasteiger partial charge >= 0.3 is 0 Å². The highest BCUT2D eigenvalue weighted by Gasteiger charge is 2.22. The summed E-state index contributed by atoms with van der Waals surface area (Å²) in [5.74, 6) is 0.262. The van der Waals surface area contributed by atoms with Crippen LogP contribution in [0, 0.1) is 0 Å². The molecule has 4 rings (SSSR count). The molecule has 3 aromatic rings. The van der Waals surface area contributed by atoms with Gasteiger partial charge in [-0.25, -0.2) is 4.68 Å². The molecule has 1 aliphatic rings. The Kier molecular flexibility index (Phi) is 3.56. The van der Waals surface area contributed by atoms with Gasteiger partial charge in [0, 0.05) is 35.7 Å². The molecule has 0 bridgehead atoms. The van der Waals surface area contributed by atoms with Gasteiger partial charge in [0.2, 0.25) is 0 Å². The van der Waals surface area contributed by atoms with Gasteiger partial charge < -0.3 is 10.4 Å². The summed E-state index contributed by atoms with van der Waals surface area (Å²) in [7, 11) is 0. The Labute approximate surface area is 139 Å². The molecule has 2 aromatic carbocycles. The SMILES string of the molecule is Oc1ccc(-c2nn(-c3ccc(Cl)cc3)c3c2CNCC3)cc1. The Morgan fingerprint density at radius 2 is 1.78 bits per heavy atom. The number of benzene rings is 2. The maximum absolute atomic E-state index is 9.50. The van der Waals surface area contributed by atoms with Crippen LogP contribution in [0.1, 0.15) is 11.3 Å². The van der Waals surface area contributed by atoms with E-state index in [1.54, 1.807) is 12.1 Å². The number of phenols is 1. The molecule has 116 valence electrons. The number of nitrogens with zero attached hydrogens (tertiary/aromatic N) is 2. The van der Waals surface area contributed by atoms with E-state index in [-0.39, 0.29) is 5.75 Å². The second-order valence-electron chi connectivity index (χ2n) is 5.64. The van der Waals surface area contributed by atoms with Crippen molar-refractivity contribution in [2.75, 3.05) is 6.54 Å². The quantitative estimate of drug-likeness (QED) is 0.757. The van der Waals surface area contributed by atoms with Crippen molar-refractivity contribution in [3.8, 4) is 22.7 Å². The first-order valence-corrected chi connectivity index (χ1v) is 7.97. The third-order valence-electron chi connectivity index (χ3n) is 4.14. The van der Waals surface area contributed by atoms with Crippen LogP contribution in [0.4, 0.5) is 0 Å². The average Bonchev–Trinajstić information content (AvgIpc) is 2.96. The number of rotatable bonds is 2. The number of aromatic nitrogens is 2. The van der Waals surface area contributed by atoms with Gasteiger partial charge in [-0.2, -0.15) is 5.10 Å². The molecule has 0 saturated carbocycles. The summed E-state index contributed by atoms with van der Waals surface area (Å²) in [6.07, 6.45) is 0.934. The zero-order chi connectivity index (χ0) is 15.8. The second kappa shape index (κ2) is 5.72. The van der Waals surface area contributed by atoms with Gasteiger partial charge in [0.05, 0.1) is 17.1 Å². The first-order valence-electron chi connectivity index (χ1n) is 7.59. The lowest BCUT2D eigenvalue weighted by Crippen LogP contribution is -2.24. The molecule has 0 unspecified atom stereocenters. The highest BCUT2D eigenvalue weighted by molar-refractivity contribution is 6.30. The maximum Gasteiger partial charge on any atom is 0.115 e. The fraction of sp³-hybridized carbons (Fsp3) is 0.167. The van der Waals surface area contributed by atoms with Crippen LogP contribution in [-0.2, 0) is 13.0 Å². The van der Waals surface area contributed by atoms with Crippen LogP contribution < -0.4 is 5.32 Å². The van der Waals surface area contributed by atoms with Crippen LogP contribution >= 0.6 is 11.6 Å². The van der Waals surface area contributed by atoms with Crippen molar-refractivity contribution in [3.05, 3.63) is 64.8 Å². The first-order chi connectivity index (χ1) is 11.2. The van der Waals surface area contributed by atoms with E-state index >= 15 is 0 Å². The number of aromatic hydroxyl groups is 1. The topological polar surface area (TPSA) is 50.1 Å². The number of halogens is 1. The van der Waals surface area contributed by atoms with Crippen LogP contribution in [0.2, 0.25) is 5.02 Å². The fourth-order valence-corrected chi connectivity index (χ4v) is 3.12. The molecule has 0 fully saturated rings. The molecule has 0 aliphatic carbocycles. The molecule has 1 aliphatic heterocycles. The summed E-state index contributed by atoms with van der Waals surface area (Å²) in [5, 5.41) is 18.5. The van der Waals surface area contributed by atoms with Crippen molar-refractivity contribution in [3.63, 3.8) is 0 Å². The number of hydrogen-bond acceptors (Lipinski definition) is 3. The van der Waals surface area contributed by atoms with Gasteiger partial charge in [-0.05, 0) is 48.5 Å². The van der Waals surface area contributed by atoms with Crippen LogP contribution in [0.3, 0.4) is 0 Å². The summed E-state index contributed by atoms with van der Waals surface area (Å²) in [6.45, 7) is 1.75. The highest BCUT2D eigenvalue weighted by Crippen LogP contribution is 2.30. The van der Waals surface area contributed by atoms with Crippen molar-refractivity contribution in [2.45, 2.75) is 13.0 Å². The zero-order valence-electron chi connectivity index (χ0n) is 12.5. The van der Waals surface area contributed by atoms with Gasteiger partial charge in [0.25, 0.3) is 0 Å². The van der Waals surface area contributed by atoms with Gasteiger partial charge in [-0.15, -0.1) is 0 Å². The Hall–Kier alpha value is -2.30. The lowest BCUT2D eigenvalue weighted by atomic mass is 10.0. The van der Waals surface area contributed by atoms with Gasteiger partial charge in [0.1, 0.15) is 5.75 Å². The predicted octanol–water partition coefficient (Wildman–Crippen LogP) is 3.54. The van der Waals surface area contributed by atoms with Gasteiger partial charge in [-0.1, -0.05) is 11.6 Å². The standard InChI is InChI=1S/C18H16ClN3O/c19-13-3-5-14(6-4-13)22-17-9-10-20-11-16(17)18(21-22)12-1-7-15(23)8-2-12/h1-8,20,23H,9-11H2. The largest absolute Gasteiger partial charge is 0.508 e. The minimum absolute atomic E-state index is 0.262. The van der Waals surface area contributed by atoms with E-state index in [1.165, 1.54) is 11.3 Å². The minimum Gasteiger partial charge on any atom is -0.508 e. The lowest BCUT2D eigenvalue weighted by molar-refractivity contribution is 0.475. The van der Waals surface area contributed by atoms with E-state index in [0.717, 1.165) is 41.5 Å². The molecule has 1 aromatic heterocycles. The van der Waals surface area contributed by atoms with Crippen LogP contribution in [0.5, 0.6) is 5.75 Å². The van der Waals surface area contributed by atoms with Crippen molar-refractivity contribution in [2.24, 2.45) is 0 Å². The minimum atomic E-state index is 0.262. The third-order valence-corrected chi connectivity index (χ3v) is 4.39. The second-order valence-corrected chi connectivity index (χ2v) is 6.07. The molecular weight excluding hydrogens is 310 g/mol. The zero-order valence-corrected chi connectivity index (χ0v) is 13.2. The highest BCUT2D eigenvalue weighted by atomic mass is 35.5. The molecule has 2 heterocycles. The monoisotopic (exact) mass is 325 g/mol. The van der Waals surface area contributed by atoms with Crippen molar-refractivity contribution in [1.82, 2.24) is 15.1 Å². The number of fused-ring (bicyclic) bond motifs is 1. The first kappa shape index (κ1) is 14.3. The average molecular weight is 326 g/mol. The molecule has 4 nitrogen and oxygen atoms in total. The Morgan fingerprint density at radius 3 is 2.52 bits per heavy atom. The number of nitrogens with one attached hydrogen (secondary N) is 1. The molecule has 0 atom stereocenters. The molecular formula is C18H16ClN3O. The third kappa shape index (κ3) is 2.60. The van der Waals surface area contributed by atoms with Crippen molar-refractivity contribution in [1.29, 1.82) is 0 Å². The van der Waals surface area contributed by atoms with Gasteiger partial charge in [0.15, 0.2) is 0 Å². The van der Waals surface area contributed by atoms with Crippen LogP contribution in [0.15, 0.2) is 48.5 Å². The van der Waals surface area contributed by atoms with E-state index < -0.39 is 0 Å². The van der Waals surface area contributed by atoms with Crippen LogP contribution in [-0.4, -0.2) is 21.4 Å². The Balaban J connectivity index is 1.87. The molecule has 0 saturated heterocycles. The van der Waals surface area contributed by atoms with E-state index in [4.69, 9.17) is 16.7 Å². The van der Waals surface area contributed by atoms with Crippen molar-refractivity contribution >= 4 is 11.6 Å². The van der Waals surface area contributed by atoms with Crippen molar-refractivity contribution < 1.29 is 5.11 Å². The fourth-order valence-electron chi connectivity index (χ4n) is 3.00. The summed E-state index contributed by atoms with van der Waals surface area (Å²) in [5.41, 5.74) is 5.43. The smallest absolute Gasteiger partial charge is 0.115 e. The molecule has 5 heteroatoms. The predicted molar refractivity (Wildman–Crippen MR) is 91.1 cm³/mol. The molecule has 0 spiro atoms. The summed E-state index contributed by atoms with van der Waals surface area (Å²) in [6, 6.07) is 14.9. The van der Waals surface area contributed by atoms with E-state index in [9.17, 15) is 5.11 Å². The van der Waals surface area contributed by atoms with E-state index in [0.29, 0.717) is 0 Å². The van der Waals surface area contributed by atoms with Crippen LogP contribution in [0.25, 0.3) is 16.9 Å². The van der Waals surface area contributed by atoms with E-state index in [2.05, 4.69) is 5.32 Å². The Morgan fingerprint density at radius 1 is 1.04 bits per heavy atom. The lowest BCUT2D eigenvalue weighted by Gasteiger charge is -2.15. The summed E-state index contributed by atoms with van der Waals surface area (Å²) in [4.78, 5) is 0. The molecule has 0 radical (unpaired) electrons. The maximum atomic E-state index is 9.50.